The van der Waals surface area contributed by atoms with Gasteiger partial charge in [-0.3, -0.25) is 0 Å². The molecule has 0 bridgehead atoms. The van der Waals surface area contributed by atoms with Gasteiger partial charge in [0.15, 0.2) is 0 Å². The molecule has 0 aliphatic carbocycles. The predicted molar refractivity (Wildman–Crippen MR) is 78.8 cm³/mol. The Hall–Kier alpha value is -0.380. The van der Waals surface area contributed by atoms with Crippen LogP contribution in [0, 0.1) is 0 Å². The van der Waals surface area contributed by atoms with Crippen LogP contribution in [0.4, 0.5) is 0 Å². The van der Waals surface area contributed by atoms with E-state index in [0.29, 0.717) is 12.1 Å². The summed E-state index contributed by atoms with van der Waals surface area (Å²) in [5, 5.41) is 3.64. The summed E-state index contributed by atoms with van der Waals surface area (Å²) in [5.41, 5.74) is 1.36. The fourth-order valence-electron chi connectivity index (χ4n) is 2.44. The summed E-state index contributed by atoms with van der Waals surface area (Å²) in [7, 11) is 0. The molecule has 1 aromatic rings. The van der Waals surface area contributed by atoms with Crippen molar-refractivity contribution in [3.8, 4) is 0 Å². The molecule has 0 saturated carbocycles. The van der Waals surface area contributed by atoms with Gasteiger partial charge in [-0.2, -0.15) is 0 Å². The minimum Gasteiger partial charge on any atom is -0.378 e. The van der Waals surface area contributed by atoms with Crippen molar-refractivity contribution in [3.05, 3.63) is 34.3 Å². The van der Waals surface area contributed by atoms with Crippen molar-refractivity contribution >= 4 is 15.9 Å². The number of ether oxygens (including phenoxy) is 1. The van der Waals surface area contributed by atoms with E-state index in [1.54, 1.807) is 0 Å². The summed E-state index contributed by atoms with van der Waals surface area (Å²) in [5.74, 6) is 0. The Labute approximate surface area is 118 Å². The highest BCUT2D eigenvalue weighted by molar-refractivity contribution is 9.10. The third-order valence-corrected chi connectivity index (χ3v) is 3.96. The highest BCUT2D eigenvalue weighted by Crippen LogP contribution is 2.26. The van der Waals surface area contributed by atoms with Gasteiger partial charge >= 0.3 is 0 Å². The van der Waals surface area contributed by atoms with Gasteiger partial charge in [0, 0.05) is 17.1 Å². The number of benzene rings is 1. The zero-order chi connectivity index (χ0) is 12.8. The van der Waals surface area contributed by atoms with Crippen LogP contribution in [0.15, 0.2) is 28.7 Å². The lowest BCUT2D eigenvalue weighted by Gasteiger charge is -2.22. The van der Waals surface area contributed by atoms with Gasteiger partial charge in [-0.25, -0.2) is 0 Å². The van der Waals surface area contributed by atoms with Crippen molar-refractivity contribution in [1.29, 1.82) is 0 Å². The largest absolute Gasteiger partial charge is 0.378 e. The van der Waals surface area contributed by atoms with E-state index in [0.717, 1.165) is 24.0 Å². The minimum atomic E-state index is 0.418. The van der Waals surface area contributed by atoms with Crippen LogP contribution in [0.2, 0.25) is 0 Å². The van der Waals surface area contributed by atoms with Gasteiger partial charge in [-0.1, -0.05) is 35.0 Å². The molecule has 18 heavy (non-hydrogen) atoms. The van der Waals surface area contributed by atoms with Crippen molar-refractivity contribution in [3.63, 3.8) is 0 Å². The molecule has 1 heterocycles. The summed E-state index contributed by atoms with van der Waals surface area (Å²) < 4.78 is 6.90. The molecule has 1 aliphatic heterocycles. The van der Waals surface area contributed by atoms with Gasteiger partial charge in [0.25, 0.3) is 0 Å². The molecule has 0 spiro atoms. The van der Waals surface area contributed by atoms with Gasteiger partial charge < -0.3 is 10.1 Å². The van der Waals surface area contributed by atoms with E-state index in [9.17, 15) is 0 Å². The van der Waals surface area contributed by atoms with Crippen LogP contribution in [-0.2, 0) is 4.74 Å². The van der Waals surface area contributed by atoms with E-state index in [1.807, 2.05) is 0 Å². The maximum atomic E-state index is 5.76. The molecule has 100 valence electrons. The second kappa shape index (κ2) is 7.27. The van der Waals surface area contributed by atoms with E-state index in [4.69, 9.17) is 4.74 Å². The quantitative estimate of drug-likeness (QED) is 0.855. The number of halogens is 1. The first-order valence-corrected chi connectivity index (χ1v) is 7.69. The number of rotatable bonds is 6. The fraction of sp³-hybridized carbons (Fsp3) is 0.600. The zero-order valence-electron chi connectivity index (χ0n) is 11.0. The molecular weight excluding hydrogens is 290 g/mol. The average molecular weight is 312 g/mol. The minimum absolute atomic E-state index is 0.418. The molecular formula is C15H22BrNO. The average Bonchev–Trinajstić information content (AvgIpc) is 2.88. The van der Waals surface area contributed by atoms with Crippen LogP contribution >= 0.6 is 15.9 Å². The summed E-state index contributed by atoms with van der Waals surface area (Å²) in [6.07, 6.45) is 5.11. The summed E-state index contributed by atoms with van der Waals surface area (Å²) in [4.78, 5) is 0. The number of nitrogens with one attached hydrogen (secondary N) is 1. The molecule has 1 N–H and O–H groups in total. The van der Waals surface area contributed by atoms with Gasteiger partial charge in [-0.05, 0) is 49.9 Å². The highest BCUT2D eigenvalue weighted by Gasteiger charge is 2.21. The Kier molecular flexibility index (Phi) is 5.67. The van der Waals surface area contributed by atoms with Crippen molar-refractivity contribution in [2.75, 3.05) is 13.2 Å². The molecule has 2 unspecified atom stereocenters. The van der Waals surface area contributed by atoms with Crippen molar-refractivity contribution in [2.45, 2.75) is 44.8 Å². The van der Waals surface area contributed by atoms with Crippen molar-refractivity contribution in [2.24, 2.45) is 0 Å². The number of hydrogen-bond donors (Lipinski definition) is 1. The van der Waals surface area contributed by atoms with Crippen LogP contribution in [0.3, 0.4) is 0 Å². The summed E-state index contributed by atoms with van der Waals surface area (Å²) in [6.45, 7) is 4.21. The molecule has 2 nitrogen and oxygen atoms in total. The zero-order valence-corrected chi connectivity index (χ0v) is 12.6. The van der Waals surface area contributed by atoms with E-state index in [1.165, 1.54) is 24.8 Å². The van der Waals surface area contributed by atoms with Crippen molar-refractivity contribution in [1.82, 2.24) is 5.32 Å². The predicted octanol–water partition coefficient (Wildman–Crippen LogP) is 4.06. The first kappa shape index (κ1) is 14.0. The van der Waals surface area contributed by atoms with Gasteiger partial charge in [0.1, 0.15) is 0 Å². The molecule has 0 amide bonds. The Morgan fingerprint density at radius 2 is 2.17 bits per heavy atom. The normalized spacial score (nSPS) is 21.1. The lowest BCUT2D eigenvalue weighted by Crippen LogP contribution is -2.26. The molecule has 0 aromatic heterocycles. The Bertz CT molecular complexity index is 346. The molecule has 1 aliphatic rings. The maximum absolute atomic E-state index is 5.76. The van der Waals surface area contributed by atoms with Crippen LogP contribution in [-0.4, -0.2) is 19.3 Å². The molecule has 2 rings (SSSR count). The second-order valence-electron chi connectivity index (χ2n) is 4.93. The van der Waals surface area contributed by atoms with Gasteiger partial charge in [0.05, 0.1) is 6.10 Å². The smallest absolute Gasteiger partial charge is 0.0594 e. The SMILES string of the molecule is CCCNC(CC1CCCO1)c1ccc(Br)cc1. The third kappa shape index (κ3) is 4.08. The second-order valence-corrected chi connectivity index (χ2v) is 5.84. The van der Waals surface area contributed by atoms with E-state index in [2.05, 4.69) is 52.4 Å². The third-order valence-electron chi connectivity index (χ3n) is 3.44. The fourth-order valence-corrected chi connectivity index (χ4v) is 2.71. The van der Waals surface area contributed by atoms with E-state index in [-0.39, 0.29) is 0 Å². The van der Waals surface area contributed by atoms with Crippen LogP contribution < -0.4 is 5.32 Å². The van der Waals surface area contributed by atoms with E-state index < -0.39 is 0 Å². The Balaban J connectivity index is 2.00. The Morgan fingerprint density at radius 1 is 1.39 bits per heavy atom. The van der Waals surface area contributed by atoms with Crippen LogP contribution in [0.25, 0.3) is 0 Å². The standard InChI is InChI=1S/C15H22BrNO/c1-2-9-17-15(11-14-4-3-10-18-14)12-5-7-13(16)8-6-12/h5-8,14-15,17H,2-4,9-11H2,1H3. The maximum Gasteiger partial charge on any atom is 0.0594 e. The van der Waals surface area contributed by atoms with Gasteiger partial charge in [-0.15, -0.1) is 0 Å². The lowest BCUT2D eigenvalue weighted by molar-refractivity contribution is 0.0946. The first-order valence-electron chi connectivity index (χ1n) is 6.90. The molecule has 1 fully saturated rings. The van der Waals surface area contributed by atoms with Crippen LogP contribution in [0.1, 0.15) is 44.2 Å². The van der Waals surface area contributed by atoms with Crippen LogP contribution in [0.5, 0.6) is 0 Å². The summed E-state index contributed by atoms with van der Waals surface area (Å²) >= 11 is 3.49. The van der Waals surface area contributed by atoms with E-state index >= 15 is 0 Å². The topological polar surface area (TPSA) is 21.3 Å². The molecule has 1 saturated heterocycles. The first-order chi connectivity index (χ1) is 8.79. The molecule has 1 aromatic carbocycles. The molecule has 2 atom stereocenters. The lowest BCUT2D eigenvalue weighted by atomic mass is 9.99. The Morgan fingerprint density at radius 3 is 2.78 bits per heavy atom. The summed E-state index contributed by atoms with van der Waals surface area (Å²) in [6, 6.07) is 9.05. The molecule has 0 radical (unpaired) electrons. The molecule has 3 heteroatoms. The monoisotopic (exact) mass is 311 g/mol. The number of hydrogen-bond acceptors (Lipinski definition) is 2. The van der Waals surface area contributed by atoms with Gasteiger partial charge in [0.2, 0.25) is 0 Å². The highest BCUT2D eigenvalue weighted by atomic mass is 79.9. The van der Waals surface area contributed by atoms with Crippen molar-refractivity contribution < 1.29 is 4.74 Å².